The van der Waals surface area contributed by atoms with Crippen LogP contribution in [0.1, 0.15) is 43.1 Å². The van der Waals surface area contributed by atoms with Crippen LogP contribution in [-0.2, 0) is 12.0 Å². The molecule has 0 saturated heterocycles. The molecule has 1 heterocycles. The quantitative estimate of drug-likeness (QED) is 0.934. The molecule has 0 radical (unpaired) electrons. The first-order chi connectivity index (χ1) is 9.58. The Morgan fingerprint density at radius 1 is 1.35 bits per heavy atom. The van der Waals surface area contributed by atoms with E-state index in [1.54, 1.807) is 13.3 Å². The van der Waals surface area contributed by atoms with Gasteiger partial charge in [-0.1, -0.05) is 24.3 Å². The Hall–Kier alpha value is -1.81. The van der Waals surface area contributed by atoms with Gasteiger partial charge >= 0.3 is 0 Å². The van der Waals surface area contributed by atoms with Crippen LogP contribution in [0.2, 0.25) is 0 Å². The van der Waals surface area contributed by atoms with Gasteiger partial charge in [0.2, 0.25) is 0 Å². The number of aromatic nitrogens is 2. The molecule has 2 aromatic rings. The van der Waals surface area contributed by atoms with Crippen molar-refractivity contribution in [2.24, 2.45) is 0 Å². The van der Waals surface area contributed by atoms with Gasteiger partial charge in [0.15, 0.2) is 5.75 Å². The summed E-state index contributed by atoms with van der Waals surface area (Å²) in [6, 6.07) is 8.24. The highest BCUT2D eigenvalue weighted by Gasteiger charge is 2.43. The molecule has 1 aromatic carbocycles. The molecule has 1 aromatic heterocycles. The highest BCUT2D eigenvalue weighted by atomic mass is 16.5. The van der Waals surface area contributed by atoms with Crippen LogP contribution < -0.4 is 4.74 Å². The average molecular weight is 272 g/mol. The number of fused-ring (bicyclic) bond motifs is 1. The maximum atomic E-state index is 11.3. The third kappa shape index (κ3) is 1.75. The molecule has 4 heteroatoms. The molecule has 1 unspecified atom stereocenters. The number of nitrogens with zero attached hydrogens (tertiary/aromatic N) is 2. The van der Waals surface area contributed by atoms with Crippen LogP contribution in [0, 0.1) is 0 Å². The van der Waals surface area contributed by atoms with Gasteiger partial charge in [0.05, 0.1) is 13.3 Å². The lowest BCUT2D eigenvalue weighted by Gasteiger charge is -2.27. The van der Waals surface area contributed by atoms with Crippen LogP contribution in [0.15, 0.2) is 30.5 Å². The molecule has 0 saturated carbocycles. The van der Waals surface area contributed by atoms with Crippen LogP contribution >= 0.6 is 0 Å². The van der Waals surface area contributed by atoms with Gasteiger partial charge < -0.3 is 9.84 Å². The second-order valence-electron chi connectivity index (χ2n) is 5.62. The van der Waals surface area contributed by atoms with Gasteiger partial charge in [0.25, 0.3) is 0 Å². The third-order valence-corrected chi connectivity index (χ3v) is 4.08. The standard InChI is InChI=1S/C16H20N2O2/c1-11(2)18-15(14(20-3)10-17-18)16(19)9-8-12-6-4-5-7-13(12)16/h4-7,10-11,19H,8-9H2,1-3H3. The van der Waals surface area contributed by atoms with Crippen LogP contribution in [-0.4, -0.2) is 22.0 Å². The largest absolute Gasteiger partial charge is 0.493 e. The summed E-state index contributed by atoms with van der Waals surface area (Å²) in [5.41, 5.74) is 1.93. The zero-order chi connectivity index (χ0) is 14.3. The minimum atomic E-state index is -1.01. The van der Waals surface area contributed by atoms with Crippen LogP contribution in [0.25, 0.3) is 0 Å². The summed E-state index contributed by atoms with van der Waals surface area (Å²) in [6.45, 7) is 4.11. The molecule has 3 rings (SSSR count). The molecular weight excluding hydrogens is 252 g/mol. The number of aliphatic hydroxyl groups is 1. The number of benzene rings is 1. The van der Waals surface area contributed by atoms with E-state index in [1.807, 2.05) is 22.9 Å². The minimum Gasteiger partial charge on any atom is -0.493 e. The lowest BCUT2D eigenvalue weighted by molar-refractivity contribution is 0.0684. The van der Waals surface area contributed by atoms with Crippen molar-refractivity contribution in [3.8, 4) is 5.75 Å². The molecule has 0 fully saturated rings. The molecule has 106 valence electrons. The number of methoxy groups -OCH3 is 1. The van der Waals surface area contributed by atoms with Gasteiger partial charge in [-0.2, -0.15) is 5.10 Å². The Labute approximate surface area is 119 Å². The molecule has 1 aliphatic rings. The van der Waals surface area contributed by atoms with E-state index >= 15 is 0 Å². The number of ether oxygens (including phenoxy) is 1. The molecule has 1 aliphatic carbocycles. The first kappa shape index (κ1) is 13.2. The SMILES string of the molecule is COc1cnn(C(C)C)c1C1(O)CCc2ccccc21. The van der Waals surface area contributed by atoms with Gasteiger partial charge in [-0.15, -0.1) is 0 Å². The van der Waals surface area contributed by atoms with Crippen LogP contribution in [0.3, 0.4) is 0 Å². The Morgan fingerprint density at radius 3 is 2.80 bits per heavy atom. The van der Waals surface area contributed by atoms with E-state index < -0.39 is 5.60 Å². The van der Waals surface area contributed by atoms with E-state index in [9.17, 15) is 5.11 Å². The predicted molar refractivity (Wildman–Crippen MR) is 76.9 cm³/mol. The second kappa shape index (κ2) is 4.63. The molecular formula is C16H20N2O2. The highest BCUT2D eigenvalue weighted by Crippen LogP contribution is 2.45. The summed E-state index contributed by atoms with van der Waals surface area (Å²) in [4.78, 5) is 0. The Morgan fingerprint density at radius 2 is 2.10 bits per heavy atom. The zero-order valence-corrected chi connectivity index (χ0v) is 12.1. The summed E-state index contributed by atoms with van der Waals surface area (Å²) in [5, 5.41) is 15.7. The smallest absolute Gasteiger partial charge is 0.163 e. The van der Waals surface area contributed by atoms with Crippen molar-refractivity contribution >= 4 is 0 Å². The summed E-state index contributed by atoms with van der Waals surface area (Å²) in [7, 11) is 1.62. The van der Waals surface area contributed by atoms with E-state index in [1.165, 1.54) is 5.56 Å². The van der Waals surface area contributed by atoms with Crippen molar-refractivity contribution in [2.45, 2.75) is 38.3 Å². The van der Waals surface area contributed by atoms with Gasteiger partial charge in [-0.25, -0.2) is 0 Å². The van der Waals surface area contributed by atoms with Crippen molar-refractivity contribution < 1.29 is 9.84 Å². The molecule has 0 amide bonds. The number of aryl methyl sites for hydroxylation is 1. The molecule has 1 atom stereocenters. The number of hydrogen-bond acceptors (Lipinski definition) is 3. The van der Waals surface area contributed by atoms with Crippen LogP contribution in [0.5, 0.6) is 5.75 Å². The number of hydrogen-bond donors (Lipinski definition) is 1. The van der Waals surface area contributed by atoms with E-state index in [-0.39, 0.29) is 6.04 Å². The molecule has 20 heavy (non-hydrogen) atoms. The Balaban J connectivity index is 2.21. The fourth-order valence-corrected chi connectivity index (χ4v) is 3.12. The van der Waals surface area contributed by atoms with Crippen molar-refractivity contribution in [2.75, 3.05) is 7.11 Å². The minimum absolute atomic E-state index is 0.172. The average Bonchev–Trinajstić information content (AvgIpc) is 3.02. The van der Waals surface area contributed by atoms with E-state index in [4.69, 9.17) is 4.74 Å². The lowest BCUT2D eigenvalue weighted by Crippen LogP contribution is -2.29. The maximum absolute atomic E-state index is 11.3. The van der Waals surface area contributed by atoms with Gasteiger partial charge in [0, 0.05) is 6.04 Å². The van der Waals surface area contributed by atoms with Gasteiger partial charge in [-0.05, 0) is 37.8 Å². The van der Waals surface area contributed by atoms with Crippen LogP contribution in [0.4, 0.5) is 0 Å². The summed E-state index contributed by atoms with van der Waals surface area (Å²) in [6.07, 6.45) is 3.23. The Bertz CT molecular complexity index is 633. The summed E-state index contributed by atoms with van der Waals surface area (Å²) >= 11 is 0. The topological polar surface area (TPSA) is 47.3 Å². The third-order valence-electron chi connectivity index (χ3n) is 4.08. The molecule has 4 nitrogen and oxygen atoms in total. The van der Waals surface area contributed by atoms with Crippen molar-refractivity contribution in [1.29, 1.82) is 0 Å². The maximum Gasteiger partial charge on any atom is 0.163 e. The van der Waals surface area contributed by atoms with E-state index in [2.05, 4.69) is 25.0 Å². The first-order valence-corrected chi connectivity index (χ1v) is 7.00. The van der Waals surface area contributed by atoms with E-state index in [0.717, 1.165) is 17.7 Å². The van der Waals surface area contributed by atoms with Crippen molar-refractivity contribution in [3.63, 3.8) is 0 Å². The Kier molecular flexibility index (Phi) is 3.05. The zero-order valence-electron chi connectivity index (χ0n) is 12.1. The lowest BCUT2D eigenvalue weighted by atomic mass is 9.91. The first-order valence-electron chi connectivity index (χ1n) is 7.00. The van der Waals surface area contributed by atoms with E-state index in [0.29, 0.717) is 12.2 Å². The predicted octanol–water partition coefficient (Wildman–Crippen LogP) is 2.65. The summed E-state index contributed by atoms with van der Waals surface area (Å²) < 4.78 is 7.29. The van der Waals surface area contributed by atoms with Gasteiger partial charge in [-0.3, -0.25) is 4.68 Å². The molecule has 0 spiro atoms. The fourth-order valence-electron chi connectivity index (χ4n) is 3.12. The molecule has 0 bridgehead atoms. The highest BCUT2D eigenvalue weighted by molar-refractivity contribution is 5.47. The molecule has 0 aliphatic heterocycles. The van der Waals surface area contributed by atoms with Gasteiger partial charge in [0.1, 0.15) is 11.3 Å². The summed E-state index contributed by atoms with van der Waals surface area (Å²) in [5.74, 6) is 0.651. The van der Waals surface area contributed by atoms with Crippen molar-refractivity contribution in [1.82, 2.24) is 9.78 Å². The molecule has 1 N–H and O–H groups in total. The monoisotopic (exact) mass is 272 g/mol. The number of rotatable bonds is 3. The second-order valence-corrected chi connectivity index (χ2v) is 5.62. The fraction of sp³-hybridized carbons (Fsp3) is 0.438. The normalized spacial score (nSPS) is 21.2. The van der Waals surface area contributed by atoms with Crippen molar-refractivity contribution in [3.05, 3.63) is 47.3 Å².